The van der Waals surface area contributed by atoms with Crippen LogP contribution in [-0.2, 0) is 10.0 Å². The Morgan fingerprint density at radius 2 is 1.62 bits per heavy atom. The first kappa shape index (κ1) is 25.7. The van der Waals surface area contributed by atoms with Crippen molar-refractivity contribution in [1.82, 2.24) is 15.0 Å². The van der Waals surface area contributed by atoms with Gasteiger partial charge in [-0.25, -0.2) is 18.2 Å². The molecule has 2 heterocycles. The third-order valence-electron chi connectivity index (χ3n) is 5.57. The number of carbonyl (C=O) groups excluding carboxylic acids is 2. The predicted octanol–water partition coefficient (Wildman–Crippen LogP) is 4.21. The molecular weight excluding hydrogens is 544 g/mol. The topological polar surface area (TPSA) is 166 Å². The summed E-state index contributed by atoms with van der Waals surface area (Å²) in [6.45, 7) is 0. The van der Waals surface area contributed by atoms with E-state index in [1.165, 1.54) is 42.6 Å². The SMILES string of the molecule is O=C(Nc1ccc(Cl)cn1)c1cccc(NC(=O)c2ccccc2NS(=O)(=O)c2ccc3[nH]c(=O)[nH]c3c2)c1. The summed E-state index contributed by atoms with van der Waals surface area (Å²) < 4.78 is 28.6. The van der Waals surface area contributed by atoms with Gasteiger partial charge in [0.15, 0.2) is 0 Å². The summed E-state index contributed by atoms with van der Waals surface area (Å²) in [7, 11) is -4.11. The highest BCUT2D eigenvalue weighted by atomic mass is 35.5. The molecule has 0 aliphatic carbocycles. The lowest BCUT2D eigenvalue weighted by atomic mass is 10.1. The van der Waals surface area contributed by atoms with Crippen molar-refractivity contribution in [2.45, 2.75) is 4.90 Å². The van der Waals surface area contributed by atoms with Crippen LogP contribution in [0.25, 0.3) is 11.0 Å². The molecule has 2 aromatic heterocycles. The second-order valence-electron chi connectivity index (χ2n) is 8.29. The summed E-state index contributed by atoms with van der Waals surface area (Å²) in [5.41, 5.74) is 0.993. The van der Waals surface area contributed by atoms with Crippen LogP contribution in [-0.4, -0.2) is 35.2 Å². The second-order valence-corrected chi connectivity index (χ2v) is 10.4. The molecule has 0 fully saturated rings. The average Bonchev–Trinajstić information content (AvgIpc) is 3.29. The third-order valence-corrected chi connectivity index (χ3v) is 7.15. The minimum Gasteiger partial charge on any atom is -0.322 e. The zero-order valence-electron chi connectivity index (χ0n) is 19.9. The zero-order valence-corrected chi connectivity index (χ0v) is 21.4. The van der Waals surface area contributed by atoms with Crippen molar-refractivity contribution in [2.24, 2.45) is 0 Å². The Labute approximate surface area is 226 Å². The van der Waals surface area contributed by atoms with Gasteiger partial charge in [-0.15, -0.1) is 0 Å². The summed E-state index contributed by atoms with van der Waals surface area (Å²) in [6, 6.07) is 19.6. The molecule has 13 heteroatoms. The first-order chi connectivity index (χ1) is 18.7. The maximum atomic E-state index is 13.1. The van der Waals surface area contributed by atoms with Gasteiger partial charge < -0.3 is 20.6 Å². The van der Waals surface area contributed by atoms with Gasteiger partial charge in [-0.3, -0.25) is 14.3 Å². The van der Waals surface area contributed by atoms with Crippen molar-refractivity contribution < 1.29 is 18.0 Å². The Bertz CT molecular complexity index is 1880. The molecule has 5 rings (SSSR count). The molecule has 39 heavy (non-hydrogen) atoms. The highest BCUT2D eigenvalue weighted by Gasteiger charge is 2.20. The number of H-pyrrole nitrogens is 2. The molecule has 3 aromatic carbocycles. The van der Waals surface area contributed by atoms with Gasteiger partial charge in [-0.2, -0.15) is 0 Å². The maximum absolute atomic E-state index is 13.1. The van der Waals surface area contributed by atoms with E-state index in [1.807, 2.05) is 0 Å². The molecule has 196 valence electrons. The van der Waals surface area contributed by atoms with Crippen molar-refractivity contribution in [2.75, 3.05) is 15.4 Å². The number of sulfonamides is 1. The molecule has 5 aromatic rings. The summed E-state index contributed by atoms with van der Waals surface area (Å²) in [4.78, 5) is 46.3. The Morgan fingerprint density at radius 3 is 2.41 bits per heavy atom. The Kier molecular flexibility index (Phi) is 6.88. The minimum atomic E-state index is -4.11. The largest absolute Gasteiger partial charge is 0.323 e. The molecular formula is C26H19ClN6O5S. The van der Waals surface area contributed by atoms with E-state index in [4.69, 9.17) is 11.6 Å². The van der Waals surface area contributed by atoms with Crippen molar-refractivity contribution in [3.63, 3.8) is 0 Å². The van der Waals surface area contributed by atoms with E-state index in [0.717, 1.165) is 0 Å². The molecule has 0 saturated heterocycles. The van der Waals surface area contributed by atoms with Gasteiger partial charge in [0.25, 0.3) is 21.8 Å². The van der Waals surface area contributed by atoms with Crippen molar-refractivity contribution >= 4 is 61.7 Å². The average molecular weight is 563 g/mol. The van der Waals surface area contributed by atoms with E-state index >= 15 is 0 Å². The second kappa shape index (κ2) is 10.4. The van der Waals surface area contributed by atoms with E-state index in [-0.39, 0.29) is 21.7 Å². The lowest BCUT2D eigenvalue weighted by Crippen LogP contribution is -2.19. The fraction of sp³-hybridized carbons (Fsp3) is 0. The number of pyridine rings is 1. The van der Waals surface area contributed by atoms with Crippen LogP contribution in [0.5, 0.6) is 0 Å². The standard InChI is InChI=1S/C26H19ClN6O5S/c27-16-8-11-23(28-14-16)32-24(34)15-4-3-5-17(12-15)29-25(35)19-6-1-2-7-20(19)33-39(37,38)18-9-10-21-22(13-18)31-26(36)30-21/h1-14,33H,(H,29,35)(H,28,32,34)(H2,30,31,36). The highest BCUT2D eigenvalue weighted by Crippen LogP contribution is 2.23. The molecule has 11 nitrogen and oxygen atoms in total. The number of hydrogen-bond acceptors (Lipinski definition) is 6. The fourth-order valence-corrected chi connectivity index (χ4v) is 4.94. The van der Waals surface area contributed by atoms with Gasteiger partial charge in [0.2, 0.25) is 0 Å². The van der Waals surface area contributed by atoms with Crippen LogP contribution >= 0.6 is 11.6 Å². The van der Waals surface area contributed by atoms with E-state index in [1.54, 1.807) is 42.5 Å². The van der Waals surface area contributed by atoms with Gasteiger partial charge in [0.1, 0.15) is 5.82 Å². The van der Waals surface area contributed by atoms with Gasteiger partial charge in [-0.05, 0) is 60.7 Å². The number of aromatic amines is 2. The number of imidazole rings is 1. The number of fused-ring (bicyclic) bond motifs is 1. The number of benzene rings is 3. The number of rotatable bonds is 7. The number of anilines is 3. The molecule has 0 aliphatic rings. The Balaban J connectivity index is 1.34. The van der Waals surface area contributed by atoms with E-state index in [0.29, 0.717) is 27.6 Å². The third kappa shape index (κ3) is 5.81. The number of nitrogens with one attached hydrogen (secondary N) is 5. The summed E-state index contributed by atoms with van der Waals surface area (Å²) in [5, 5.41) is 5.76. The number of para-hydroxylation sites is 1. The summed E-state index contributed by atoms with van der Waals surface area (Å²) in [5.74, 6) is -0.743. The van der Waals surface area contributed by atoms with Crippen LogP contribution in [0.15, 0.2) is 94.7 Å². The summed E-state index contributed by atoms with van der Waals surface area (Å²) >= 11 is 5.82. The van der Waals surface area contributed by atoms with Crippen LogP contribution in [0.3, 0.4) is 0 Å². The molecule has 0 saturated carbocycles. The van der Waals surface area contributed by atoms with E-state index < -0.39 is 27.5 Å². The lowest BCUT2D eigenvalue weighted by molar-refractivity contribution is 0.101. The normalized spacial score (nSPS) is 11.2. The van der Waals surface area contributed by atoms with Crippen LogP contribution in [0.2, 0.25) is 5.02 Å². The predicted molar refractivity (Wildman–Crippen MR) is 148 cm³/mol. The number of hydrogen-bond donors (Lipinski definition) is 5. The van der Waals surface area contributed by atoms with Crippen molar-refractivity contribution in [1.29, 1.82) is 0 Å². The number of nitrogens with zero attached hydrogens (tertiary/aromatic N) is 1. The van der Waals surface area contributed by atoms with Crippen molar-refractivity contribution in [3.05, 3.63) is 112 Å². The molecule has 5 N–H and O–H groups in total. The fourth-order valence-electron chi connectivity index (χ4n) is 3.73. The lowest BCUT2D eigenvalue weighted by Gasteiger charge is -2.13. The molecule has 0 aliphatic heterocycles. The van der Waals surface area contributed by atoms with Crippen LogP contribution < -0.4 is 21.0 Å². The number of carbonyl (C=O) groups is 2. The Morgan fingerprint density at radius 1 is 0.821 bits per heavy atom. The summed E-state index contributed by atoms with van der Waals surface area (Å²) in [6.07, 6.45) is 1.40. The Hall–Kier alpha value is -4.94. The quantitative estimate of drug-likeness (QED) is 0.199. The molecule has 2 amide bonds. The van der Waals surface area contributed by atoms with E-state index in [9.17, 15) is 22.8 Å². The molecule has 0 radical (unpaired) electrons. The van der Waals surface area contributed by atoms with Crippen LogP contribution in [0, 0.1) is 0 Å². The number of amides is 2. The van der Waals surface area contributed by atoms with Crippen LogP contribution in [0.1, 0.15) is 20.7 Å². The molecule has 0 atom stereocenters. The molecule has 0 bridgehead atoms. The minimum absolute atomic E-state index is 0.0420. The first-order valence-corrected chi connectivity index (χ1v) is 13.2. The number of halogens is 1. The molecule has 0 spiro atoms. The number of aromatic nitrogens is 3. The van der Waals surface area contributed by atoms with Crippen molar-refractivity contribution in [3.8, 4) is 0 Å². The zero-order chi connectivity index (χ0) is 27.6. The smallest absolute Gasteiger partial charge is 0.322 e. The monoisotopic (exact) mass is 562 g/mol. The first-order valence-electron chi connectivity index (χ1n) is 11.4. The van der Waals surface area contributed by atoms with Gasteiger partial charge in [0, 0.05) is 17.4 Å². The highest BCUT2D eigenvalue weighted by molar-refractivity contribution is 7.92. The van der Waals surface area contributed by atoms with Gasteiger partial charge in [-0.1, -0.05) is 29.8 Å². The van der Waals surface area contributed by atoms with E-state index in [2.05, 4.69) is 30.3 Å². The molecule has 0 unspecified atom stereocenters. The van der Waals surface area contributed by atoms with Gasteiger partial charge in [0.05, 0.1) is 32.2 Å². The van der Waals surface area contributed by atoms with Crippen LogP contribution in [0.4, 0.5) is 17.2 Å². The van der Waals surface area contributed by atoms with Gasteiger partial charge >= 0.3 is 5.69 Å². The maximum Gasteiger partial charge on any atom is 0.323 e.